The highest BCUT2D eigenvalue weighted by atomic mass is 16.5. The lowest BCUT2D eigenvalue weighted by Crippen LogP contribution is -2.50. The summed E-state index contributed by atoms with van der Waals surface area (Å²) in [4.78, 5) is 44.9. The van der Waals surface area contributed by atoms with Crippen molar-refractivity contribution in [2.24, 2.45) is 0 Å². The van der Waals surface area contributed by atoms with Crippen molar-refractivity contribution in [3.8, 4) is 0 Å². The van der Waals surface area contributed by atoms with Gasteiger partial charge in [-0.2, -0.15) is 0 Å². The van der Waals surface area contributed by atoms with Crippen molar-refractivity contribution in [2.75, 3.05) is 44.3 Å². The first-order valence-electron chi connectivity index (χ1n) is 12.0. The van der Waals surface area contributed by atoms with E-state index in [-0.39, 0.29) is 30.6 Å². The fourth-order valence-corrected chi connectivity index (χ4v) is 4.54. The Hall–Kier alpha value is -3.03. The smallest absolute Gasteiger partial charge is 0.257 e. The molecule has 7 nitrogen and oxygen atoms in total. The lowest BCUT2D eigenvalue weighted by molar-refractivity contribution is -0.138. The zero-order valence-electron chi connectivity index (χ0n) is 20.0. The summed E-state index contributed by atoms with van der Waals surface area (Å²) in [6.45, 7) is 8.17. The van der Waals surface area contributed by atoms with Gasteiger partial charge in [-0.05, 0) is 29.2 Å². The van der Waals surface area contributed by atoms with E-state index in [0.717, 1.165) is 24.2 Å². The van der Waals surface area contributed by atoms with Gasteiger partial charge in [0.2, 0.25) is 11.8 Å². The average molecular weight is 464 g/mol. The third kappa shape index (κ3) is 5.54. The minimum absolute atomic E-state index is 0.00834. The van der Waals surface area contributed by atoms with E-state index in [0.29, 0.717) is 37.9 Å². The predicted molar refractivity (Wildman–Crippen MR) is 131 cm³/mol. The third-order valence-electron chi connectivity index (χ3n) is 6.60. The van der Waals surface area contributed by atoms with Crippen molar-refractivity contribution in [2.45, 2.75) is 38.6 Å². The molecule has 34 heavy (non-hydrogen) atoms. The molecular formula is C27H33N3O4. The number of carbonyl (C=O) groups is 3. The molecule has 4 rings (SSSR count). The number of carbonyl (C=O) groups excluding carboxylic acids is 3. The Bertz CT molecular complexity index is 1000. The lowest BCUT2D eigenvalue weighted by atomic mass is 10.0. The number of morpholine rings is 1. The number of nitrogens with zero attached hydrogens (tertiary/aromatic N) is 3. The van der Waals surface area contributed by atoms with Gasteiger partial charge in [0.25, 0.3) is 5.91 Å². The summed E-state index contributed by atoms with van der Waals surface area (Å²) in [6.07, 6.45) is 0.208. The van der Waals surface area contributed by atoms with Crippen LogP contribution in [0.2, 0.25) is 0 Å². The van der Waals surface area contributed by atoms with Crippen molar-refractivity contribution in [3.63, 3.8) is 0 Å². The highest BCUT2D eigenvalue weighted by molar-refractivity contribution is 6.23. The molecule has 180 valence electrons. The number of hydrogen-bond donors (Lipinski definition) is 0. The Labute approximate surface area is 201 Å². The normalized spacial score (nSPS) is 19.1. The largest absolute Gasteiger partial charge is 0.379 e. The topological polar surface area (TPSA) is 70.2 Å². The molecule has 1 atom stereocenters. The number of ether oxygens (including phenoxy) is 1. The first kappa shape index (κ1) is 24.1. The molecule has 1 unspecified atom stereocenters. The van der Waals surface area contributed by atoms with Gasteiger partial charge in [-0.1, -0.05) is 56.3 Å². The van der Waals surface area contributed by atoms with Crippen LogP contribution in [0.3, 0.4) is 0 Å². The van der Waals surface area contributed by atoms with Crippen LogP contribution in [-0.4, -0.2) is 73.0 Å². The van der Waals surface area contributed by atoms with E-state index in [9.17, 15) is 14.4 Å². The van der Waals surface area contributed by atoms with Gasteiger partial charge in [0.15, 0.2) is 0 Å². The molecule has 0 bridgehead atoms. The molecule has 7 heteroatoms. The Morgan fingerprint density at radius 1 is 1.03 bits per heavy atom. The van der Waals surface area contributed by atoms with Crippen LogP contribution in [0.4, 0.5) is 5.69 Å². The van der Waals surface area contributed by atoms with E-state index in [2.05, 4.69) is 18.7 Å². The number of hydrogen-bond acceptors (Lipinski definition) is 5. The van der Waals surface area contributed by atoms with Crippen LogP contribution in [0.1, 0.15) is 37.3 Å². The molecule has 0 aromatic heterocycles. The molecule has 0 N–H and O–H groups in total. The first-order valence-corrected chi connectivity index (χ1v) is 12.0. The summed E-state index contributed by atoms with van der Waals surface area (Å²) in [6, 6.07) is 16.3. The van der Waals surface area contributed by atoms with Crippen molar-refractivity contribution in [3.05, 3.63) is 65.7 Å². The van der Waals surface area contributed by atoms with E-state index in [4.69, 9.17) is 4.74 Å². The van der Waals surface area contributed by atoms with Gasteiger partial charge in [-0.25, -0.2) is 4.90 Å². The summed E-state index contributed by atoms with van der Waals surface area (Å²) < 4.78 is 5.42. The Balaban J connectivity index is 1.53. The zero-order chi connectivity index (χ0) is 24.1. The zero-order valence-corrected chi connectivity index (χ0v) is 20.0. The van der Waals surface area contributed by atoms with E-state index in [1.807, 2.05) is 54.6 Å². The van der Waals surface area contributed by atoms with Gasteiger partial charge in [0.05, 0.1) is 31.7 Å². The maximum atomic E-state index is 13.5. The lowest BCUT2D eigenvalue weighted by Gasteiger charge is -2.32. The standard InChI is InChI=1S/C27H33N3O4/c1-20(2)22-8-10-23(11-9-22)30-26(32)19-24(27(30)33)29(13-12-28-14-16-34-17-15-28)25(31)18-21-6-4-3-5-7-21/h3-11,20,24H,12-19H2,1-2H3. The van der Waals surface area contributed by atoms with Crippen molar-refractivity contribution >= 4 is 23.4 Å². The second-order valence-electron chi connectivity index (χ2n) is 9.24. The SMILES string of the molecule is CC(C)c1ccc(N2C(=O)CC(N(CCN3CCOCC3)C(=O)Cc3ccccc3)C2=O)cc1. The van der Waals surface area contributed by atoms with Crippen LogP contribution in [0.5, 0.6) is 0 Å². The van der Waals surface area contributed by atoms with Gasteiger partial charge in [-0.3, -0.25) is 19.3 Å². The molecule has 2 aromatic carbocycles. The number of amides is 3. The average Bonchev–Trinajstić information content (AvgIpc) is 3.14. The summed E-state index contributed by atoms with van der Waals surface area (Å²) >= 11 is 0. The molecule has 2 aliphatic heterocycles. The predicted octanol–water partition coefficient (Wildman–Crippen LogP) is 2.85. The van der Waals surface area contributed by atoms with Gasteiger partial charge in [0.1, 0.15) is 6.04 Å². The molecule has 2 aliphatic rings. The van der Waals surface area contributed by atoms with E-state index in [1.54, 1.807) is 4.90 Å². The fourth-order valence-electron chi connectivity index (χ4n) is 4.54. The van der Waals surface area contributed by atoms with Gasteiger partial charge in [-0.15, -0.1) is 0 Å². The van der Waals surface area contributed by atoms with Crippen molar-refractivity contribution in [1.29, 1.82) is 0 Å². The van der Waals surface area contributed by atoms with Gasteiger partial charge in [0, 0.05) is 26.2 Å². The number of benzene rings is 2. The third-order valence-corrected chi connectivity index (χ3v) is 6.60. The first-order chi connectivity index (χ1) is 16.4. The highest BCUT2D eigenvalue weighted by Crippen LogP contribution is 2.28. The molecule has 2 aromatic rings. The van der Waals surface area contributed by atoms with E-state index in [1.165, 1.54) is 4.90 Å². The van der Waals surface area contributed by atoms with Gasteiger partial charge < -0.3 is 9.64 Å². The van der Waals surface area contributed by atoms with Crippen LogP contribution >= 0.6 is 0 Å². The highest BCUT2D eigenvalue weighted by Gasteiger charge is 2.44. The van der Waals surface area contributed by atoms with E-state index >= 15 is 0 Å². The molecule has 0 radical (unpaired) electrons. The monoisotopic (exact) mass is 463 g/mol. The minimum Gasteiger partial charge on any atom is -0.379 e. The van der Waals surface area contributed by atoms with Crippen molar-refractivity contribution < 1.29 is 19.1 Å². The summed E-state index contributed by atoms with van der Waals surface area (Å²) in [5.74, 6) is -0.373. The minimum atomic E-state index is -0.783. The Morgan fingerprint density at radius 2 is 1.71 bits per heavy atom. The van der Waals surface area contributed by atoms with Crippen LogP contribution in [0, 0.1) is 0 Å². The maximum Gasteiger partial charge on any atom is 0.257 e. The molecular weight excluding hydrogens is 430 g/mol. The second-order valence-corrected chi connectivity index (χ2v) is 9.24. The molecule has 2 fully saturated rings. The number of rotatable bonds is 8. The number of anilines is 1. The van der Waals surface area contributed by atoms with E-state index < -0.39 is 6.04 Å². The molecule has 3 amide bonds. The molecule has 0 saturated carbocycles. The van der Waals surface area contributed by atoms with Gasteiger partial charge >= 0.3 is 0 Å². The molecule has 2 heterocycles. The molecule has 0 aliphatic carbocycles. The fraction of sp³-hybridized carbons (Fsp3) is 0.444. The quantitative estimate of drug-likeness (QED) is 0.563. The van der Waals surface area contributed by atoms with Crippen molar-refractivity contribution in [1.82, 2.24) is 9.80 Å². The molecule has 0 spiro atoms. The summed E-state index contributed by atoms with van der Waals surface area (Å²) in [5.41, 5.74) is 2.59. The second kappa shape index (κ2) is 10.9. The van der Waals surface area contributed by atoms with Crippen LogP contribution in [0.25, 0.3) is 0 Å². The van der Waals surface area contributed by atoms with Crippen LogP contribution in [-0.2, 0) is 25.5 Å². The summed E-state index contributed by atoms with van der Waals surface area (Å²) in [7, 11) is 0. The van der Waals surface area contributed by atoms with Crippen LogP contribution in [0.15, 0.2) is 54.6 Å². The number of imide groups is 1. The Morgan fingerprint density at radius 3 is 2.35 bits per heavy atom. The molecule has 2 saturated heterocycles. The van der Waals surface area contributed by atoms with Crippen LogP contribution < -0.4 is 4.90 Å². The Kier molecular flexibility index (Phi) is 7.75. The summed E-state index contributed by atoms with van der Waals surface area (Å²) in [5, 5.41) is 0. The maximum absolute atomic E-state index is 13.5.